The van der Waals surface area contributed by atoms with Crippen molar-refractivity contribution in [1.29, 1.82) is 0 Å². The molecule has 28 heavy (non-hydrogen) atoms. The molecule has 156 valence electrons. The SMILES string of the molecule is CN(C(=O)OC(C)(C)C)c1ccc(C2CCCCN2C(=O)OC(C)(C)C)cn1. The van der Waals surface area contributed by atoms with E-state index >= 15 is 0 Å². The fraction of sp³-hybridized carbons (Fsp3) is 0.667. The number of aromatic nitrogens is 1. The van der Waals surface area contributed by atoms with E-state index in [1.165, 1.54) is 4.90 Å². The maximum atomic E-state index is 12.6. The summed E-state index contributed by atoms with van der Waals surface area (Å²) in [5.74, 6) is 0.498. The lowest BCUT2D eigenvalue weighted by molar-refractivity contribution is 0.00947. The average Bonchev–Trinajstić information content (AvgIpc) is 2.58. The molecule has 1 saturated heterocycles. The van der Waals surface area contributed by atoms with Crippen LogP contribution < -0.4 is 4.90 Å². The van der Waals surface area contributed by atoms with E-state index in [0.717, 1.165) is 24.8 Å². The fourth-order valence-corrected chi connectivity index (χ4v) is 3.03. The molecule has 0 saturated carbocycles. The molecule has 7 heteroatoms. The lowest BCUT2D eigenvalue weighted by Crippen LogP contribution is -2.41. The molecule has 0 N–H and O–H groups in total. The number of anilines is 1. The second-order valence-electron chi connectivity index (χ2n) is 9.17. The standard InChI is InChI=1S/C21H33N3O4/c1-20(2,3)27-18(25)23(7)17-12-11-15(14-22-17)16-10-8-9-13-24(16)19(26)28-21(4,5)6/h11-12,14,16H,8-10,13H2,1-7H3. The van der Waals surface area contributed by atoms with Crippen LogP contribution in [0.2, 0.25) is 0 Å². The van der Waals surface area contributed by atoms with Gasteiger partial charge < -0.3 is 14.4 Å². The van der Waals surface area contributed by atoms with Gasteiger partial charge >= 0.3 is 12.2 Å². The normalized spacial score (nSPS) is 17.8. The third-order valence-electron chi connectivity index (χ3n) is 4.30. The van der Waals surface area contributed by atoms with Crippen molar-refractivity contribution in [2.24, 2.45) is 0 Å². The molecule has 1 fully saturated rings. The summed E-state index contributed by atoms with van der Waals surface area (Å²) in [7, 11) is 1.63. The summed E-state index contributed by atoms with van der Waals surface area (Å²) in [6, 6.07) is 3.62. The highest BCUT2D eigenvalue weighted by Crippen LogP contribution is 2.32. The average molecular weight is 392 g/mol. The van der Waals surface area contributed by atoms with Gasteiger partial charge in [0.05, 0.1) is 6.04 Å². The van der Waals surface area contributed by atoms with E-state index in [9.17, 15) is 9.59 Å². The Balaban J connectivity index is 2.14. The van der Waals surface area contributed by atoms with Crippen molar-refractivity contribution >= 4 is 18.0 Å². The molecular weight excluding hydrogens is 358 g/mol. The van der Waals surface area contributed by atoms with Gasteiger partial charge in [-0.3, -0.25) is 4.90 Å². The summed E-state index contributed by atoms with van der Waals surface area (Å²) in [4.78, 5) is 32.4. The number of amides is 2. The molecule has 0 bridgehead atoms. The smallest absolute Gasteiger partial charge is 0.415 e. The van der Waals surface area contributed by atoms with Crippen molar-refractivity contribution in [2.45, 2.75) is 78.0 Å². The van der Waals surface area contributed by atoms with Crippen LogP contribution in [0.4, 0.5) is 15.4 Å². The Bertz CT molecular complexity index is 689. The van der Waals surface area contributed by atoms with E-state index in [1.54, 1.807) is 24.2 Å². The Kier molecular flexibility index (Phi) is 6.57. The largest absolute Gasteiger partial charge is 0.444 e. The van der Waals surface area contributed by atoms with Gasteiger partial charge in [-0.1, -0.05) is 6.07 Å². The Morgan fingerprint density at radius 2 is 1.71 bits per heavy atom. The molecule has 0 radical (unpaired) electrons. The van der Waals surface area contributed by atoms with Gasteiger partial charge in [-0.15, -0.1) is 0 Å². The Labute approximate surface area is 168 Å². The summed E-state index contributed by atoms with van der Waals surface area (Å²) in [5, 5.41) is 0. The molecule has 0 spiro atoms. The highest BCUT2D eigenvalue weighted by Gasteiger charge is 2.32. The van der Waals surface area contributed by atoms with Gasteiger partial charge in [0.15, 0.2) is 0 Å². The maximum Gasteiger partial charge on any atom is 0.415 e. The number of ether oxygens (including phenoxy) is 2. The maximum absolute atomic E-state index is 12.6. The summed E-state index contributed by atoms with van der Waals surface area (Å²) in [5.41, 5.74) is -0.162. The third kappa shape index (κ3) is 6.11. The number of nitrogens with zero attached hydrogens (tertiary/aromatic N) is 3. The summed E-state index contributed by atoms with van der Waals surface area (Å²) in [6.45, 7) is 11.7. The second kappa shape index (κ2) is 8.37. The van der Waals surface area contributed by atoms with Gasteiger partial charge in [-0.2, -0.15) is 0 Å². The van der Waals surface area contributed by atoms with Crippen molar-refractivity contribution in [3.05, 3.63) is 23.9 Å². The predicted molar refractivity (Wildman–Crippen MR) is 108 cm³/mol. The predicted octanol–water partition coefficient (Wildman–Crippen LogP) is 4.92. The van der Waals surface area contributed by atoms with Crippen molar-refractivity contribution in [2.75, 3.05) is 18.5 Å². The minimum Gasteiger partial charge on any atom is -0.444 e. The number of carbonyl (C=O) groups is 2. The minimum absolute atomic E-state index is 0.0722. The number of hydrogen-bond donors (Lipinski definition) is 0. The molecule has 1 unspecified atom stereocenters. The quantitative estimate of drug-likeness (QED) is 0.716. The lowest BCUT2D eigenvalue weighted by Gasteiger charge is -2.37. The number of carbonyl (C=O) groups excluding carboxylic acids is 2. The minimum atomic E-state index is -0.568. The van der Waals surface area contributed by atoms with Crippen molar-refractivity contribution in [3.8, 4) is 0 Å². The summed E-state index contributed by atoms with van der Waals surface area (Å²) in [6.07, 6.45) is 3.84. The van der Waals surface area contributed by atoms with E-state index < -0.39 is 17.3 Å². The van der Waals surface area contributed by atoms with E-state index in [1.807, 2.05) is 47.6 Å². The number of piperidine rings is 1. The van der Waals surface area contributed by atoms with Crippen LogP contribution >= 0.6 is 0 Å². The van der Waals surface area contributed by atoms with Gasteiger partial charge in [0.2, 0.25) is 0 Å². The number of hydrogen-bond acceptors (Lipinski definition) is 5. The summed E-state index contributed by atoms with van der Waals surface area (Å²) >= 11 is 0. The Morgan fingerprint density at radius 3 is 2.25 bits per heavy atom. The second-order valence-corrected chi connectivity index (χ2v) is 9.17. The molecular formula is C21H33N3O4. The fourth-order valence-electron chi connectivity index (χ4n) is 3.03. The molecule has 2 amide bonds. The molecule has 1 aliphatic rings. The summed E-state index contributed by atoms with van der Waals surface area (Å²) < 4.78 is 10.9. The number of likely N-dealkylation sites (tertiary alicyclic amines) is 1. The first-order chi connectivity index (χ1) is 12.9. The monoisotopic (exact) mass is 391 g/mol. The van der Waals surface area contributed by atoms with Crippen LogP contribution in [0.1, 0.15) is 72.4 Å². The third-order valence-corrected chi connectivity index (χ3v) is 4.30. The molecule has 0 aromatic carbocycles. The van der Waals surface area contributed by atoms with Crippen molar-refractivity contribution in [3.63, 3.8) is 0 Å². The Morgan fingerprint density at radius 1 is 1.07 bits per heavy atom. The number of pyridine rings is 1. The van der Waals surface area contributed by atoms with E-state index in [2.05, 4.69) is 4.98 Å². The van der Waals surface area contributed by atoms with Crippen molar-refractivity contribution < 1.29 is 19.1 Å². The van der Waals surface area contributed by atoms with E-state index in [0.29, 0.717) is 12.4 Å². The van der Waals surface area contributed by atoms with Crippen LogP contribution in [-0.4, -0.2) is 46.9 Å². The van der Waals surface area contributed by atoms with Gasteiger partial charge in [0.1, 0.15) is 17.0 Å². The molecule has 0 aliphatic carbocycles. The van der Waals surface area contributed by atoms with Crippen LogP contribution in [-0.2, 0) is 9.47 Å². The van der Waals surface area contributed by atoms with Crippen LogP contribution in [0.15, 0.2) is 18.3 Å². The van der Waals surface area contributed by atoms with Crippen molar-refractivity contribution in [1.82, 2.24) is 9.88 Å². The first-order valence-corrected chi connectivity index (χ1v) is 9.80. The zero-order valence-corrected chi connectivity index (χ0v) is 18.1. The molecule has 7 nitrogen and oxygen atoms in total. The molecule has 1 aliphatic heterocycles. The molecule has 2 rings (SSSR count). The van der Waals surface area contributed by atoms with Crippen LogP contribution in [0.3, 0.4) is 0 Å². The van der Waals surface area contributed by atoms with Gasteiger partial charge in [0.25, 0.3) is 0 Å². The Hall–Kier alpha value is -2.31. The highest BCUT2D eigenvalue weighted by molar-refractivity contribution is 5.85. The molecule has 1 aromatic heterocycles. The zero-order valence-electron chi connectivity index (χ0n) is 18.1. The van der Waals surface area contributed by atoms with Crippen LogP contribution in [0, 0.1) is 0 Å². The lowest BCUT2D eigenvalue weighted by atomic mass is 9.97. The topological polar surface area (TPSA) is 72.0 Å². The van der Waals surface area contributed by atoms with E-state index in [4.69, 9.17) is 9.47 Å². The van der Waals surface area contributed by atoms with Crippen LogP contribution in [0.25, 0.3) is 0 Å². The van der Waals surface area contributed by atoms with Crippen LogP contribution in [0.5, 0.6) is 0 Å². The highest BCUT2D eigenvalue weighted by atomic mass is 16.6. The van der Waals surface area contributed by atoms with Gasteiger partial charge in [-0.05, 0) is 72.4 Å². The van der Waals surface area contributed by atoms with E-state index in [-0.39, 0.29) is 12.1 Å². The van der Waals surface area contributed by atoms with Gasteiger partial charge in [-0.25, -0.2) is 14.6 Å². The molecule has 2 heterocycles. The first kappa shape index (κ1) is 22.0. The molecule has 1 aromatic rings. The zero-order chi connectivity index (χ0) is 21.1. The number of rotatable bonds is 2. The van der Waals surface area contributed by atoms with Gasteiger partial charge in [0, 0.05) is 19.8 Å². The molecule has 1 atom stereocenters. The first-order valence-electron chi connectivity index (χ1n) is 9.80.